The van der Waals surface area contributed by atoms with Gasteiger partial charge in [-0.15, -0.1) is 0 Å². The van der Waals surface area contributed by atoms with Gasteiger partial charge in [-0.3, -0.25) is 0 Å². The van der Waals surface area contributed by atoms with E-state index in [4.69, 9.17) is 10.5 Å². The van der Waals surface area contributed by atoms with Gasteiger partial charge < -0.3 is 15.5 Å². The summed E-state index contributed by atoms with van der Waals surface area (Å²) in [4.78, 5) is 11.6. The SMILES string of the molecule is COc1ccc(Cc2nc(N)nc3cc[nH]c23)cc1. The normalized spacial score (nSPS) is 10.8. The van der Waals surface area contributed by atoms with Crippen molar-refractivity contribution in [2.45, 2.75) is 6.42 Å². The molecule has 19 heavy (non-hydrogen) atoms. The fraction of sp³-hybridized carbons (Fsp3) is 0.143. The molecule has 3 aromatic rings. The van der Waals surface area contributed by atoms with Gasteiger partial charge in [-0.25, -0.2) is 9.97 Å². The van der Waals surface area contributed by atoms with Crippen molar-refractivity contribution in [1.29, 1.82) is 0 Å². The summed E-state index contributed by atoms with van der Waals surface area (Å²) in [5, 5.41) is 0. The van der Waals surface area contributed by atoms with Crippen LogP contribution in [0.25, 0.3) is 11.0 Å². The van der Waals surface area contributed by atoms with E-state index < -0.39 is 0 Å². The van der Waals surface area contributed by atoms with Crippen LogP contribution < -0.4 is 10.5 Å². The summed E-state index contributed by atoms with van der Waals surface area (Å²) in [6, 6.07) is 9.81. The van der Waals surface area contributed by atoms with Gasteiger partial charge in [-0.1, -0.05) is 12.1 Å². The van der Waals surface area contributed by atoms with E-state index in [1.54, 1.807) is 7.11 Å². The van der Waals surface area contributed by atoms with Crippen LogP contribution in [0.5, 0.6) is 5.75 Å². The Bertz CT molecular complexity index is 703. The van der Waals surface area contributed by atoms with Crippen molar-refractivity contribution in [2.75, 3.05) is 12.8 Å². The van der Waals surface area contributed by atoms with E-state index in [0.29, 0.717) is 12.4 Å². The molecule has 0 radical (unpaired) electrons. The Kier molecular flexibility index (Phi) is 2.79. The van der Waals surface area contributed by atoms with E-state index in [9.17, 15) is 0 Å². The molecule has 3 rings (SSSR count). The van der Waals surface area contributed by atoms with Gasteiger partial charge in [-0.2, -0.15) is 0 Å². The molecule has 0 aliphatic heterocycles. The highest BCUT2D eigenvalue weighted by atomic mass is 16.5. The summed E-state index contributed by atoms with van der Waals surface area (Å²) in [5.74, 6) is 1.14. The van der Waals surface area contributed by atoms with E-state index in [-0.39, 0.29) is 0 Å². The van der Waals surface area contributed by atoms with E-state index >= 15 is 0 Å². The second-order valence-corrected chi connectivity index (χ2v) is 4.29. The van der Waals surface area contributed by atoms with Crippen molar-refractivity contribution in [3.63, 3.8) is 0 Å². The number of nitrogens with one attached hydrogen (secondary N) is 1. The molecule has 0 aliphatic rings. The molecule has 0 saturated heterocycles. The molecule has 0 aliphatic carbocycles. The van der Waals surface area contributed by atoms with Crippen LogP contribution in [0.15, 0.2) is 36.5 Å². The van der Waals surface area contributed by atoms with Crippen molar-refractivity contribution in [1.82, 2.24) is 15.0 Å². The minimum Gasteiger partial charge on any atom is -0.497 e. The number of anilines is 1. The fourth-order valence-electron chi connectivity index (χ4n) is 2.09. The molecule has 1 aromatic carbocycles. The number of aromatic nitrogens is 3. The van der Waals surface area contributed by atoms with E-state index in [1.807, 2.05) is 36.5 Å². The number of fused-ring (bicyclic) bond motifs is 1. The highest BCUT2D eigenvalue weighted by Crippen LogP contribution is 2.19. The Morgan fingerprint density at radius 3 is 2.68 bits per heavy atom. The van der Waals surface area contributed by atoms with Crippen LogP contribution >= 0.6 is 0 Å². The number of nitrogens with two attached hydrogens (primary N) is 1. The largest absolute Gasteiger partial charge is 0.497 e. The molecule has 0 saturated carbocycles. The molecule has 0 fully saturated rings. The van der Waals surface area contributed by atoms with Crippen LogP contribution in [0, 0.1) is 0 Å². The van der Waals surface area contributed by atoms with E-state index in [2.05, 4.69) is 15.0 Å². The molecule has 0 bridgehead atoms. The Morgan fingerprint density at radius 2 is 1.95 bits per heavy atom. The first kappa shape index (κ1) is 11.5. The van der Waals surface area contributed by atoms with Gasteiger partial charge in [0.1, 0.15) is 5.75 Å². The Hall–Kier alpha value is -2.56. The summed E-state index contributed by atoms with van der Waals surface area (Å²) < 4.78 is 5.14. The number of nitrogen functional groups attached to an aromatic ring is 1. The topological polar surface area (TPSA) is 76.8 Å². The van der Waals surface area contributed by atoms with E-state index in [1.165, 1.54) is 0 Å². The minimum atomic E-state index is 0.301. The fourth-order valence-corrected chi connectivity index (χ4v) is 2.09. The lowest BCUT2D eigenvalue weighted by molar-refractivity contribution is 0.414. The molecular weight excluding hydrogens is 240 g/mol. The van der Waals surface area contributed by atoms with Gasteiger partial charge in [0, 0.05) is 12.6 Å². The first-order valence-electron chi connectivity index (χ1n) is 5.98. The number of hydrogen-bond donors (Lipinski definition) is 2. The lowest BCUT2D eigenvalue weighted by atomic mass is 10.1. The summed E-state index contributed by atoms with van der Waals surface area (Å²) in [6.45, 7) is 0. The Balaban J connectivity index is 1.97. The van der Waals surface area contributed by atoms with Crippen LogP contribution in [0.4, 0.5) is 5.95 Å². The average molecular weight is 254 g/mol. The third-order valence-corrected chi connectivity index (χ3v) is 3.03. The van der Waals surface area contributed by atoms with Gasteiger partial charge >= 0.3 is 0 Å². The number of rotatable bonds is 3. The van der Waals surface area contributed by atoms with Crippen LogP contribution in [-0.2, 0) is 6.42 Å². The molecule has 3 N–H and O–H groups in total. The summed E-state index contributed by atoms with van der Waals surface area (Å²) in [7, 11) is 1.66. The molecule has 96 valence electrons. The highest BCUT2D eigenvalue weighted by Gasteiger charge is 2.08. The van der Waals surface area contributed by atoms with Gasteiger partial charge in [0.05, 0.1) is 23.8 Å². The third kappa shape index (κ3) is 2.22. The van der Waals surface area contributed by atoms with Crippen molar-refractivity contribution >= 4 is 17.0 Å². The molecule has 5 nitrogen and oxygen atoms in total. The number of methoxy groups -OCH3 is 1. The first-order chi connectivity index (χ1) is 9.26. The molecule has 0 atom stereocenters. The summed E-state index contributed by atoms with van der Waals surface area (Å²) >= 11 is 0. The number of hydrogen-bond acceptors (Lipinski definition) is 4. The lowest BCUT2D eigenvalue weighted by Crippen LogP contribution is -2.01. The molecule has 0 spiro atoms. The highest BCUT2D eigenvalue weighted by molar-refractivity contribution is 5.78. The van der Waals surface area contributed by atoms with Crippen LogP contribution in [0.1, 0.15) is 11.3 Å². The molecule has 5 heteroatoms. The van der Waals surface area contributed by atoms with E-state index in [0.717, 1.165) is 28.0 Å². The van der Waals surface area contributed by atoms with Crippen molar-refractivity contribution < 1.29 is 4.74 Å². The van der Waals surface area contributed by atoms with Gasteiger partial charge in [0.2, 0.25) is 5.95 Å². The molecule has 0 amide bonds. The summed E-state index contributed by atoms with van der Waals surface area (Å²) in [5.41, 5.74) is 9.55. The average Bonchev–Trinajstić information content (AvgIpc) is 2.88. The zero-order valence-electron chi connectivity index (χ0n) is 10.6. The van der Waals surface area contributed by atoms with Crippen LogP contribution in [-0.4, -0.2) is 22.1 Å². The molecule has 2 heterocycles. The zero-order chi connectivity index (χ0) is 13.2. The van der Waals surface area contributed by atoms with Crippen molar-refractivity contribution in [3.8, 4) is 5.75 Å². The summed E-state index contributed by atoms with van der Waals surface area (Å²) in [6.07, 6.45) is 2.55. The lowest BCUT2D eigenvalue weighted by Gasteiger charge is -2.05. The predicted octanol–water partition coefficient (Wildman–Crippen LogP) is 2.14. The van der Waals surface area contributed by atoms with Gasteiger partial charge in [0.15, 0.2) is 0 Å². The number of aromatic amines is 1. The standard InChI is InChI=1S/C14H14N4O/c1-19-10-4-2-9(3-5-10)8-12-13-11(6-7-16-13)17-14(15)18-12/h2-7,16H,8H2,1H3,(H2,15,17,18). The van der Waals surface area contributed by atoms with Crippen LogP contribution in [0.3, 0.4) is 0 Å². The predicted molar refractivity (Wildman–Crippen MR) is 74.1 cm³/mol. The maximum Gasteiger partial charge on any atom is 0.220 e. The number of ether oxygens (including phenoxy) is 1. The minimum absolute atomic E-state index is 0.301. The second-order valence-electron chi connectivity index (χ2n) is 4.29. The maximum absolute atomic E-state index is 5.73. The number of benzene rings is 1. The van der Waals surface area contributed by atoms with Gasteiger partial charge in [0.25, 0.3) is 0 Å². The zero-order valence-corrected chi connectivity index (χ0v) is 10.6. The van der Waals surface area contributed by atoms with Gasteiger partial charge in [-0.05, 0) is 23.8 Å². The Labute approximate surface area is 110 Å². The van der Waals surface area contributed by atoms with Crippen molar-refractivity contribution in [2.24, 2.45) is 0 Å². The molecular formula is C14H14N4O. The van der Waals surface area contributed by atoms with Crippen molar-refractivity contribution in [3.05, 3.63) is 47.8 Å². The Morgan fingerprint density at radius 1 is 1.16 bits per heavy atom. The first-order valence-corrected chi connectivity index (χ1v) is 5.98. The number of nitrogens with zero attached hydrogens (tertiary/aromatic N) is 2. The van der Waals surface area contributed by atoms with Crippen LogP contribution in [0.2, 0.25) is 0 Å². The molecule has 2 aromatic heterocycles. The maximum atomic E-state index is 5.73. The smallest absolute Gasteiger partial charge is 0.220 e. The quantitative estimate of drug-likeness (QED) is 0.750. The molecule has 0 unspecified atom stereocenters. The second kappa shape index (κ2) is 4.61. The number of H-pyrrole nitrogens is 1. The monoisotopic (exact) mass is 254 g/mol. The third-order valence-electron chi connectivity index (χ3n) is 3.03.